The van der Waals surface area contributed by atoms with Crippen LogP contribution in [0.25, 0.3) is 89.8 Å². The Hall–Kier alpha value is -7.23. The predicted molar refractivity (Wildman–Crippen MR) is 226 cm³/mol. The molecule has 3 heteroatoms. The number of fused-ring (bicyclic) bond motifs is 3. The Morgan fingerprint density at radius 2 is 0.564 bits per heavy atom. The SMILES string of the molecule is c1ccc(-c2ccc(-c3cccc(-c4cccc5c4Cc4c(-c6ccc(-c7nc(-c8ccccc8)nc(-c8ccccc8)n7)cc6)cccc4-5)c3)cc2)cc1. The van der Waals surface area contributed by atoms with Gasteiger partial charge in [-0.1, -0.05) is 194 Å². The van der Waals surface area contributed by atoms with Gasteiger partial charge >= 0.3 is 0 Å². The maximum atomic E-state index is 4.94. The molecule has 0 saturated heterocycles. The fraction of sp³-hybridized carbons (Fsp3) is 0.0192. The summed E-state index contributed by atoms with van der Waals surface area (Å²) in [6, 6.07) is 70.8. The zero-order valence-corrected chi connectivity index (χ0v) is 30.1. The van der Waals surface area contributed by atoms with E-state index in [2.05, 4.69) is 140 Å². The van der Waals surface area contributed by atoms with E-state index in [1.165, 1.54) is 66.8 Å². The minimum absolute atomic E-state index is 0.656. The van der Waals surface area contributed by atoms with Gasteiger partial charge in [-0.25, -0.2) is 15.0 Å². The van der Waals surface area contributed by atoms with Crippen LogP contribution in [0.4, 0.5) is 0 Å². The zero-order chi connectivity index (χ0) is 36.6. The first kappa shape index (κ1) is 32.4. The van der Waals surface area contributed by atoms with Crippen molar-refractivity contribution in [1.29, 1.82) is 0 Å². The van der Waals surface area contributed by atoms with Crippen molar-refractivity contribution in [1.82, 2.24) is 15.0 Å². The molecule has 258 valence electrons. The maximum absolute atomic E-state index is 4.94. The lowest BCUT2D eigenvalue weighted by Crippen LogP contribution is -2.00. The molecular weight excluding hydrogens is 667 g/mol. The maximum Gasteiger partial charge on any atom is 0.164 e. The van der Waals surface area contributed by atoms with Gasteiger partial charge in [-0.05, 0) is 79.2 Å². The molecule has 0 fully saturated rings. The Bertz CT molecular complexity index is 2740. The molecule has 0 unspecified atom stereocenters. The molecule has 0 N–H and O–H groups in total. The molecule has 0 amide bonds. The minimum atomic E-state index is 0.656. The summed E-state index contributed by atoms with van der Waals surface area (Å²) in [5.41, 5.74) is 18.1. The molecule has 0 aliphatic heterocycles. The first-order valence-electron chi connectivity index (χ1n) is 18.7. The van der Waals surface area contributed by atoms with E-state index in [0.29, 0.717) is 17.5 Å². The number of aromatic nitrogens is 3. The molecule has 0 bridgehead atoms. The van der Waals surface area contributed by atoms with Crippen LogP contribution in [0.1, 0.15) is 11.1 Å². The van der Waals surface area contributed by atoms with E-state index in [9.17, 15) is 0 Å². The number of rotatable bonds is 7. The van der Waals surface area contributed by atoms with Gasteiger partial charge in [0.25, 0.3) is 0 Å². The standard InChI is InChI=1S/C52H35N3/c1-4-13-35(14-5-1)36-25-27-37(28-26-36)42-19-10-20-43(33-42)45-22-12-24-47-46-23-11-21-44(48(46)34-49(45)47)38-29-31-41(32-30-38)52-54-50(39-15-6-2-7-16-39)53-51(55-52)40-17-8-3-9-18-40/h1-33H,34H2. The van der Waals surface area contributed by atoms with Crippen LogP contribution in [-0.4, -0.2) is 15.0 Å². The van der Waals surface area contributed by atoms with E-state index in [1.54, 1.807) is 0 Å². The van der Waals surface area contributed by atoms with Crippen molar-refractivity contribution in [3.8, 4) is 89.8 Å². The van der Waals surface area contributed by atoms with Crippen molar-refractivity contribution in [2.24, 2.45) is 0 Å². The second-order valence-corrected chi connectivity index (χ2v) is 14.0. The van der Waals surface area contributed by atoms with Crippen molar-refractivity contribution in [2.75, 3.05) is 0 Å². The summed E-state index contributed by atoms with van der Waals surface area (Å²) < 4.78 is 0. The molecule has 0 radical (unpaired) electrons. The van der Waals surface area contributed by atoms with E-state index in [-0.39, 0.29) is 0 Å². The minimum Gasteiger partial charge on any atom is -0.208 e. The van der Waals surface area contributed by atoms with Crippen LogP contribution in [0.15, 0.2) is 200 Å². The van der Waals surface area contributed by atoms with Crippen LogP contribution in [0.2, 0.25) is 0 Å². The molecule has 8 aromatic carbocycles. The van der Waals surface area contributed by atoms with E-state index in [4.69, 9.17) is 15.0 Å². The summed E-state index contributed by atoms with van der Waals surface area (Å²) in [6.07, 6.45) is 0.878. The van der Waals surface area contributed by atoms with E-state index >= 15 is 0 Å². The lowest BCUT2D eigenvalue weighted by molar-refractivity contribution is 1.07. The molecule has 1 aromatic heterocycles. The van der Waals surface area contributed by atoms with Gasteiger partial charge in [0.2, 0.25) is 0 Å². The van der Waals surface area contributed by atoms with Crippen LogP contribution in [0, 0.1) is 0 Å². The highest BCUT2D eigenvalue weighted by Crippen LogP contribution is 2.45. The Morgan fingerprint density at radius 3 is 1.09 bits per heavy atom. The first-order valence-corrected chi connectivity index (χ1v) is 18.7. The summed E-state index contributed by atoms with van der Waals surface area (Å²) in [6.45, 7) is 0. The van der Waals surface area contributed by atoms with Crippen LogP contribution < -0.4 is 0 Å². The molecule has 1 heterocycles. The molecule has 10 rings (SSSR count). The summed E-state index contributed by atoms with van der Waals surface area (Å²) in [5, 5.41) is 0. The Balaban J connectivity index is 0.963. The van der Waals surface area contributed by atoms with Crippen LogP contribution in [-0.2, 0) is 6.42 Å². The summed E-state index contributed by atoms with van der Waals surface area (Å²) in [7, 11) is 0. The van der Waals surface area contributed by atoms with Gasteiger partial charge in [0.05, 0.1) is 0 Å². The number of hydrogen-bond acceptors (Lipinski definition) is 3. The second-order valence-electron chi connectivity index (χ2n) is 14.0. The average molecular weight is 702 g/mol. The van der Waals surface area contributed by atoms with Crippen LogP contribution in [0.3, 0.4) is 0 Å². The fourth-order valence-corrected chi connectivity index (χ4v) is 7.87. The van der Waals surface area contributed by atoms with Gasteiger partial charge in [0.15, 0.2) is 17.5 Å². The Kier molecular flexibility index (Phi) is 8.23. The van der Waals surface area contributed by atoms with Crippen molar-refractivity contribution >= 4 is 0 Å². The molecule has 0 saturated carbocycles. The smallest absolute Gasteiger partial charge is 0.164 e. The normalized spacial score (nSPS) is 11.6. The average Bonchev–Trinajstić information content (AvgIpc) is 3.67. The highest BCUT2D eigenvalue weighted by molar-refractivity contribution is 5.90. The molecule has 9 aromatic rings. The summed E-state index contributed by atoms with van der Waals surface area (Å²) in [4.78, 5) is 14.8. The topological polar surface area (TPSA) is 38.7 Å². The molecule has 1 aliphatic carbocycles. The van der Waals surface area contributed by atoms with Gasteiger partial charge in [0.1, 0.15) is 0 Å². The van der Waals surface area contributed by atoms with Crippen molar-refractivity contribution in [2.45, 2.75) is 6.42 Å². The third-order valence-electron chi connectivity index (χ3n) is 10.6. The van der Waals surface area contributed by atoms with Crippen molar-refractivity contribution in [3.63, 3.8) is 0 Å². The monoisotopic (exact) mass is 701 g/mol. The quantitative estimate of drug-likeness (QED) is 0.166. The van der Waals surface area contributed by atoms with Crippen LogP contribution in [0.5, 0.6) is 0 Å². The predicted octanol–water partition coefficient (Wildman–Crippen LogP) is 13.1. The molecule has 3 nitrogen and oxygen atoms in total. The van der Waals surface area contributed by atoms with Gasteiger partial charge in [0, 0.05) is 16.7 Å². The van der Waals surface area contributed by atoms with Crippen LogP contribution >= 0.6 is 0 Å². The third-order valence-corrected chi connectivity index (χ3v) is 10.6. The summed E-state index contributed by atoms with van der Waals surface area (Å²) >= 11 is 0. The second kappa shape index (κ2) is 14.0. The first-order chi connectivity index (χ1) is 27.2. The molecule has 0 spiro atoms. The highest BCUT2D eigenvalue weighted by atomic mass is 15.0. The third kappa shape index (κ3) is 6.22. The van der Waals surface area contributed by atoms with Crippen molar-refractivity contribution in [3.05, 3.63) is 211 Å². The highest BCUT2D eigenvalue weighted by Gasteiger charge is 2.24. The number of nitrogens with zero attached hydrogens (tertiary/aromatic N) is 3. The largest absolute Gasteiger partial charge is 0.208 e. The number of hydrogen-bond donors (Lipinski definition) is 0. The van der Waals surface area contributed by atoms with E-state index < -0.39 is 0 Å². The molecule has 55 heavy (non-hydrogen) atoms. The van der Waals surface area contributed by atoms with Gasteiger partial charge in [-0.2, -0.15) is 0 Å². The van der Waals surface area contributed by atoms with Gasteiger partial charge < -0.3 is 0 Å². The molecule has 0 atom stereocenters. The Morgan fingerprint density at radius 1 is 0.236 bits per heavy atom. The zero-order valence-electron chi connectivity index (χ0n) is 30.1. The van der Waals surface area contributed by atoms with Gasteiger partial charge in [-0.15, -0.1) is 0 Å². The number of benzene rings is 8. The summed E-state index contributed by atoms with van der Waals surface area (Å²) in [5.74, 6) is 1.98. The molecular formula is C52H35N3. The lowest BCUT2D eigenvalue weighted by Gasteiger charge is -2.11. The Labute approximate surface area is 321 Å². The van der Waals surface area contributed by atoms with E-state index in [1.807, 2.05) is 60.7 Å². The van der Waals surface area contributed by atoms with Crippen molar-refractivity contribution < 1.29 is 0 Å². The molecule has 1 aliphatic rings. The lowest BCUT2D eigenvalue weighted by atomic mass is 9.93. The van der Waals surface area contributed by atoms with Gasteiger partial charge in [-0.3, -0.25) is 0 Å². The fourth-order valence-electron chi connectivity index (χ4n) is 7.87. The van der Waals surface area contributed by atoms with E-state index in [0.717, 1.165) is 23.1 Å².